The SMILES string of the molecule is CCCCCCCCCC(=O)Sc1sc2sc3ccccc3c2c1C(=O)CCCCCCCCC. The normalized spacial score (nSPS) is 11.6. The molecule has 0 aliphatic carbocycles. The largest absolute Gasteiger partial charge is 0.294 e. The highest BCUT2D eigenvalue weighted by Gasteiger charge is 2.24. The van der Waals surface area contributed by atoms with Crippen molar-refractivity contribution in [1.29, 1.82) is 0 Å². The third kappa shape index (κ3) is 8.72. The van der Waals surface area contributed by atoms with Gasteiger partial charge in [-0.2, -0.15) is 0 Å². The molecule has 0 aliphatic rings. The van der Waals surface area contributed by atoms with Crippen molar-refractivity contribution in [3.63, 3.8) is 0 Å². The predicted octanol–water partition coefficient (Wildman–Crippen LogP) is 11.2. The Hall–Kier alpha value is -1.17. The third-order valence-corrected chi connectivity index (χ3v) is 10.2. The number of thiophene rings is 2. The number of Topliss-reactive ketones (excluding diaryl/α,β-unsaturated/α-hetero) is 1. The first kappa shape index (κ1) is 28.4. The number of thioether (sulfide) groups is 1. The Balaban J connectivity index is 1.63. The van der Waals surface area contributed by atoms with Crippen molar-refractivity contribution in [2.24, 2.45) is 0 Å². The van der Waals surface area contributed by atoms with Gasteiger partial charge in [0, 0.05) is 28.3 Å². The van der Waals surface area contributed by atoms with E-state index in [1.54, 1.807) is 22.7 Å². The molecule has 1 aromatic carbocycles. The number of benzene rings is 1. The molecule has 0 bridgehead atoms. The van der Waals surface area contributed by atoms with E-state index in [-0.39, 0.29) is 10.9 Å². The Kier molecular flexibility index (Phi) is 12.9. The molecule has 0 saturated heterocycles. The molecule has 0 fully saturated rings. The minimum absolute atomic E-state index is 0.210. The zero-order valence-electron chi connectivity index (χ0n) is 21.7. The van der Waals surface area contributed by atoms with Gasteiger partial charge in [-0.15, -0.1) is 22.7 Å². The van der Waals surface area contributed by atoms with E-state index < -0.39 is 0 Å². The van der Waals surface area contributed by atoms with Crippen LogP contribution in [-0.2, 0) is 4.79 Å². The zero-order chi connectivity index (χ0) is 24.9. The molecule has 192 valence electrons. The van der Waals surface area contributed by atoms with Crippen LogP contribution in [0.25, 0.3) is 19.5 Å². The first-order valence-electron chi connectivity index (χ1n) is 13.8. The number of fused-ring (bicyclic) bond motifs is 3. The minimum Gasteiger partial charge on any atom is -0.294 e. The van der Waals surface area contributed by atoms with Crippen molar-refractivity contribution in [3.8, 4) is 0 Å². The van der Waals surface area contributed by atoms with Gasteiger partial charge in [-0.3, -0.25) is 9.59 Å². The summed E-state index contributed by atoms with van der Waals surface area (Å²) in [6.07, 6.45) is 18.1. The summed E-state index contributed by atoms with van der Waals surface area (Å²) in [5.41, 5.74) is 0.825. The summed E-state index contributed by atoms with van der Waals surface area (Å²) in [6.45, 7) is 4.48. The van der Waals surface area contributed by atoms with E-state index in [0.29, 0.717) is 12.8 Å². The van der Waals surface area contributed by atoms with Gasteiger partial charge in [0.1, 0.15) is 0 Å². The lowest BCUT2D eigenvalue weighted by Crippen LogP contribution is -2.01. The second kappa shape index (κ2) is 15.8. The minimum atomic E-state index is 0.210. The average Bonchev–Trinajstić information content (AvgIpc) is 3.38. The van der Waals surface area contributed by atoms with Crippen molar-refractivity contribution < 1.29 is 9.59 Å². The van der Waals surface area contributed by atoms with Crippen LogP contribution in [0.15, 0.2) is 28.5 Å². The monoisotopic (exact) mass is 530 g/mol. The van der Waals surface area contributed by atoms with Crippen LogP contribution in [-0.4, -0.2) is 10.9 Å². The number of ketones is 1. The Labute approximate surface area is 224 Å². The Morgan fingerprint density at radius 1 is 0.714 bits per heavy atom. The van der Waals surface area contributed by atoms with E-state index >= 15 is 0 Å². The molecule has 2 aromatic heterocycles. The molecule has 0 aliphatic heterocycles. The Bertz CT molecular complexity index is 1060. The van der Waals surface area contributed by atoms with Gasteiger partial charge in [0.25, 0.3) is 0 Å². The maximum absolute atomic E-state index is 13.5. The lowest BCUT2D eigenvalue weighted by Gasteiger charge is -2.05. The topological polar surface area (TPSA) is 34.1 Å². The molecule has 2 heterocycles. The summed E-state index contributed by atoms with van der Waals surface area (Å²) in [5, 5.41) is 2.47. The fourth-order valence-corrected chi connectivity index (χ4v) is 8.69. The summed E-state index contributed by atoms with van der Waals surface area (Å²) in [7, 11) is 0. The highest BCUT2D eigenvalue weighted by atomic mass is 32.2. The molecular weight excluding hydrogens is 489 g/mol. The summed E-state index contributed by atoms with van der Waals surface area (Å²) in [4.78, 5) is 26.3. The van der Waals surface area contributed by atoms with Gasteiger partial charge < -0.3 is 0 Å². The van der Waals surface area contributed by atoms with Crippen molar-refractivity contribution in [2.45, 2.75) is 121 Å². The first-order valence-corrected chi connectivity index (χ1v) is 16.3. The molecule has 0 amide bonds. The van der Waals surface area contributed by atoms with E-state index in [4.69, 9.17) is 0 Å². The van der Waals surface area contributed by atoms with Gasteiger partial charge in [-0.1, -0.05) is 109 Å². The molecule has 2 nitrogen and oxygen atoms in total. The Morgan fingerprint density at radius 2 is 1.29 bits per heavy atom. The van der Waals surface area contributed by atoms with E-state index in [2.05, 4.69) is 38.1 Å². The van der Waals surface area contributed by atoms with Crippen LogP contribution in [0.4, 0.5) is 0 Å². The molecule has 0 saturated carbocycles. The van der Waals surface area contributed by atoms with Crippen LogP contribution >= 0.6 is 34.4 Å². The molecule has 0 N–H and O–H groups in total. The van der Waals surface area contributed by atoms with Crippen molar-refractivity contribution in [2.75, 3.05) is 0 Å². The smallest absolute Gasteiger partial charge is 0.194 e. The van der Waals surface area contributed by atoms with Crippen molar-refractivity contribution in [1.82, 2.24) is 0 Å². The molecule has 0 radical (unpaired) electrons. The van der Waals surface area contributed by atoms with Crippen LogP contribution in [0.2, 0.25) is 0 Å². The summed E-state index contributed by atoms with van der Waals surface area (Å²) < 4.78 is 3.34. The summed E-state index contributed by atoms with van der Waals surface area (Å²) in [5.74, 6) is 0.222. The van der Waals surface area contributed by atoms with Crippen molar-refractivity contribution in [3.05, 3.63) is 29.8 Å². The number of hydrogen-bond acceptors (Lipinski definition) is 5. The average molecular weight is 531 g/mol. The van der Waals surface area contributed by atoms with E-state index in [9.17, 15) is 9.59 Å². The second-order valence-electron chi connectivity index (χ2n) is 9.67. The summed E-state index contributed by atoms with van der Waals surface area (Å²) in [6, 6.07) is 8.37. The van der Waals surface area contributed by atoms with E-state index in [0.717, 1.165) is 46.2 Å². The van der Waals surface area contributed by atoms with Gasteiger partial charge in [0.2, 0.25) is 0 Å². The fourth-order valence-electron chi connectivity index (χ4n) is 4.64. The number of carbonyl (C=O) groups excluding carboxylic acids is 2. The predicted molar refractivity (Wildman–Crippen MR) is 158 cm³/mol. The van der Waals surface area contributed by atoms with Crippen LogP contribution in [0.3, 0.4) is 0 Å². The van der Waals surface area contributed by atoms with Gasteiger partial charge in [0.15, 0.2) is 10.9 Å². The molecule has 5 heteroatoms. The van der Waals surface area contributed by atoms with Crippen LogP contribution in [0, 0.1) is 0 Å². The fraction of sp³-hybridized carbons (Fsp3) is 0.600. The maximum Gasteiger partial charge on any atom is 0.194 e. The van der Waals surface area contributed by atoms with Gasteiger partial charge in [-0.25, -0.2) is 0 Å². The first-order chi connectivity index (χ1) is 17.2. The van der Waals surface area contributed by atoms with Crippen LogP contribution in [0.5, 0.6) is 0 Å². The maximum atomic E-state index is 13.5. The van der Waals surface area contributed by atoms with E-state index in [1.165, 1.54) is 84.7 Å². The van der Waals surface area contributed by atoms with Crippen molar-refractivity contribution >= 4 is 64.8 Å². The Morgan fingerprint density at radius 3 is 1.94 bits per heavy atom. The molecule has 35 heavy (non-hydrogen) atoms. The van der Waals surface area contributed by atoms with E-state index in [1.807, 2.05) is 0 Å². The number of rotatable bonds is 18. The molecular formula is C30H42O2S3. The lowest BCUT2D eigenvalue weighted by atomic mass is 10.0. The number of hydrogen-bond donors (Lipinski definition) is 0. The van der Waals surface area contributed by atoms with Gasteiger partial charge in [0.05, 0.1) is 13.8 Å². The molecule has 0 spiro atoms. The highest BCUT2D eigenvalue weighted by Crippen LogP contribution is 2.47. The van der Waals surface area contributed by atoms with Crippen LogP contribution < -0.4 is 0 Å². The molecule has 3 aromatic rings. The standard InChI is InChI=1S/C30H42O2S3/c1-3-5-7-9-11-13-15-20-24(31)28-27-23-19-17-18-21-25(23)33-29(27)35-30(28)34-26(32)22-16-14-12-10-8-6-4-2/h17-19,21H,3-16,20,22H2,1-2H3. The molecule has 0 atom stereocenters. The quantitative estimate of drug-likeness (QED) is 0.0931. The lowest BCUT2D eigenvalue weighted by molar-refractivity contribution is -0.111. The summed E-state index contributed by atoms with van der Waals surface area (Å²) >= 11 is 4.73. The molecule has 0 unspecified atom stereocenters. The third-order valence-electron chi connectivity index (χ3n) is 6.68. The second-order valence-corrected chi connectivity index (χ2v) is 13.3. The molecule has 3 rings (SSSR count). The van der Waals surface area contributed by atoms with Crippen LogP contribution in [0.1, 0.15) is 127 Å². The number of carbonyl (C=O) groups is 2. The highest BCUT2D eigenvalue weighted by molar-refractivity contribution is 8.15. The van der Waals surface area contributed by atoms with Gasteiger partial charge >= 0.3 is 0 Å². The number of unbranched alkanes of at least 4 members (excludes halogenated alkanes) is 12. The zero-order valence-corrected chi connectivity index (χ0v) is 24.1. The van der Waals surface area contributed by atoms with Gasteiger partial charge in [-0.05, 0) is 30.7 Å².